The highest BCUT2D eigenvalue weighted by Crippen LogP contribution is 2.45. The summed E-state index contributed by atoms with van der Waals surface area (Å²) in [6.45, 7) is 11.2. The second-order valence-electron chi connectivity index (χ2n) is 9.18. The van der Waals surface area contributed by atoms with Crippen LogP contribution in [0.15, 0.2) is 17.5 Å². The lowest BCUT2D eigenvalue weighted by Gasteiger charge is -2.44. The molecule has 2 fully saturated rings. The molecule has 27 heavy (non-hydrogen) atoms. The van der Waals surface area contributed by atoms with E-state index >= 15 is 0 Å². The molecule has 2 aliphatic heterocycles. The predicted molar refractivity (Wildman–Crippen MR) is 114 cm³/mol. The van der Waals surface area contributed by atoms with Crippen LogP contribution in [0.1, 0.15) is 63.0 Å². The van der Waals surface area contributed by atoms with Gasteiger partial charge in [-0.1, -0.05) is 33.8 Å². The van der Waals surface area contributed by atoms with Crippen molar-refractivity contribution >= 4 is 34.9 Å². The van der Waals surface area contributed by atoms with E-state index in [4.69, 9.17) is 0 Å². The van der Waals surface area contributed by atoms with Crippen molar-refractivity contribution in [2.45, 2.75) is 58.2 Å². The molecule has 2 aliphatic rings. The van der Waals surface area contributed by atoms with Gasteiger partial charge >= 0.3 is 0 Å². The first-order valence-corrected chi connectivity index (χ1v) is 11.8. The molecule has 1 atom stereocenters. The Balaban J connectivity index is 1.57. The summed E-state index contributed by atoms with van der Waals surface area (Å²) >= 11 is 3.42. The van der Waals surface area contributed by atoms with Crippen LogP contribution >= 0.6 is 23.1 Å². The summed E-state index contributed by atoms with van der Waals surface area (Å²) in [7, 11) is 0. The normalized spacial score (nSPS) is 20.9. The molecule has 3 rings (SSSR count). The van der Waals surface area contributed by atoms with Crippen molar-refractivity contribution < 1.29 is 9.59 Å². The topological polar surface area (TPSA) is 40.6 Å². The summed E-state index contributed by atoms with van der Waals surface area (Å²) in [6, 6.07) is 3.85. The minimum atomic E-state index is -0.116. The zero-order valence-electron chi connectivity index (χ0n) is 17.0. The van der Waals surface area contributed by atoms with Crippen LogP contribution in [0.2, 0.25) is 0 Å². The molecule has 4 nitrogen and oxygen atoms in total. The zero-order chi connectivity index (χ0) is 19.7. The maximum Gasteiger partial charge on any atom is 0.265 e. The lowest BCUT2D eigenvalue weighted by atomic mass is 9.84. The first kappa shape index (κ1) is 20.7. The first-order chi connectivity index (χ1) is 12.7. The fourth-order valence-electron chi connectivity index (χ4n) is 4.49. The molecule has 2 saturated heterocycles. The van der Waals surface area contributed by atoms with E-state index in [1.54, 1.807) is 0 Å². The molecule has 0 bridgehead atoms. The van der Waals surface area contributed by atoms with Gasteiger partial charge in [0.25, 0.3) is 5.91 Å². The van der Waals surface area contributed by atoms with E-state index in [0.29, 0.717) is 12.3 Å². The third-order valence-corrected chi connectivity index (χ3v) is 7.95. The predicted octanol–water partition coefficient (Wildman–Crippen LogP) is 4.72. The molecule has 0 aromatic carbocycles. The van der Waals surface area contributed by atoms with Gasteiger partial charge in [0.1, 0.15) is 0 Å². The van der Waals surface area contributed by atoms with Crippen LogP contribution in [-0.2, 0) is 4.79 Å². The molecule has 3 heterocycles. The van der Waals surface area contributed by atoms with Gasteiger partial charge in [-0.3, -0.25) is 9.59 Å². The average Bonchev–Trinajstić information content (AvgIpc) is 3.23. The van der Waals surface area contributed by atoms with Crippen LogP contribution in [0, 0.1) is 11.3 Å². The van der Waals surface area contributed by atoms with E-state index in [0.717, 1.165) is 49.5 Å². The van der Waals surface area contributed by atoms with Crippen LogP contribution in [0.4, 0.5) is 0 Å². The molecule has 2 amide bonds. The van der Waals surface area contributed by atoms with Gasteiger partial charge in [0.15, 0.2) is 0 Å². The molecule has 1 aromatic heterocycles. The molecule has 0 aliphatic carbocycles. The summed E-state index contributed by atoms with van der Waals surface area (Å²) in [4.78, 5) is 30.5. The van der Waals surface area contributed by atoms with Crippen molar-refractivity contribution in [2.24, 2.45) is 11.3 Å². The maximum absolute atomic E-state index is 12.9. The van der Waals surface area contributed by atoms with Crippen molar-refractivity contribution in [2.75, 3.05) is 25.4 Å². The maximum atomic E-state index is 12.9. The minimum Gasteiger partial charge on any atom is -0.342 e. The largest absolute Gasteiger partial charge is 0.342 e. The number of hydrogen-bond donors (Lipinski definition) is 0. The summed E-state index contributed by atoms with van der Waals surface area (Å²) < 4.78 is 0. The molecule has 1 aromatic rings. The first-order valence-electron chi connectivity index (χ1n) is 9.97. The zero-order valence-corrected chi connectivity index (χ0v) is 18.6. The SMILES string of the molecule is C[C@@H](CC(=O)N1CCC2(CC1)SCCN2C(=O)c1cccs1)CC(C)(C)C. The molecular weight excluding hydrogens is 376 g/mol. The smallest absolute Gasteiger partial charge is 0.265 e. The fraction of sp³-hybridized carbons (Fsp3) is 0.714. The number of amides is 2. The van der Waals surface area contributed by atoms with Crippen LogP contribution in [0.3, 0.4) is 0 Å². The lowest BCUT2D eigenvalue weighted by Crippen LogP contribution is -2.53. The van der Waals surface area contributed by atoms with Crippen molar-refractivity contribution in [3.63, 3.8) is 0 Å². The Morgan fingerprint density at radius 3 is 2.52 bits per heavy atom. The van der Waals surface area contributed by atoms with E-state index < -0.39 is 0 Å². The number of hydrogen-bond acceptors (Lipinski definition) is 4. The Bertz CT molecular complexity index is 658. The van der Waals surface area contributed by atoms with E-state index in [1.807, 2.05) is 34.2 Å². The number of rotatable bonds is 4. The van der Waals surface area contributed by atoms with Crippen molar-refractivity contribution in [1.82, 2.24) is 9.80 Å². The van der Waals surface area contributed by atoms with Crippen LogP contribution in [0.5, 0.6) is 0 Å². The second-order valence-corrected chi connectivity index (χ2v) is 11.6. The third-order valence-electron chi connectivity index (χ3n) is 5.54. The number of carbonyl (C=O) groups excluding carboxylic acids is 2. The van der Waals surface area contributed by atoms with Gasteiger partial charge in [-0.25, -0.2) is 0 Å². The molecule has 0 saturated carbocycles. The number of thioether (sulfide) groups is 1. The van der Waals surface area contributed by atoms with Crippen molar-refractivity contribution in [1.29, 1.82) is 0 Å². The summed E-state index contributed by atoms with van der Waals surface area (Å²) in [5, 5.41) is 1.96. The van der Waals surface area contributed by atoms with Gasteiger partial charge in [-0.15, -0.1) is 23.1 Å². The van der Waals surface area contributed by atoms with Gasteiger partial charge < -0.3 is 9.80 Å². The van der Waals surface area contributed by atoms with Gasteiger partial charge in [0.05, 0.1) is 9.75 Å². The average molecular weight is 409 g/mol. The van der Waals surface area contributed by atoms with E-state index in [-0.39, 0.29) is 22.1 Å². The Morgan fingerprint density at radius 2 is 1.93 bits per heavy atom. The highest BCUT2D eigenvalue weighted by molar-refractivity contribution is 8.00. The number of likely N-dealkylation sites (tertiary alicyclic amines) is 1. The molecule has 0 N–H and O–H groups in total. The highest BCUT2D eigenvalue weighted by Gasteiger charge is 2.47. The molecule has 1 spiro atoms. The third kappa shape index (κ3) is 4.89. The number of piperidine rings is 1. The van der Waals surface area contributed by atoms with Gasteiger partial charge in [-0.05, 0) is 42.0 Å². The summed E-state index contributed by atoms with van der Waals surface area (Å²) in [5.41, 5.74) is 0.259. The summed E-state index contributed by atoms with van der Waals surface area (Å²) in [6.07, 6.45) is 3.47. The van der Waals surface area contributed by atoms with Crippen LogP contribution in [0.25, 0.3) is 0 Å². The van der Waals surface area contributed by atoms with E-state index in [1.165, 1.54) is 11.3 Å². The standard InChI is InChI=1S/C21H32N2O2S2/c1-16(15-20(2,3)4)14-18(24)22-9-7-21(8-10-22)23(11-13-27-21)19(25)17-6-5-12-26-17/h5-6,12,16H,7-11,13-15H2,1-4H3/t16-/m0/s1. The van der Waals surface area contributed by atoms with Gasteiger partial charge in [0.2, 0.25) is 5.91 Å². The van der Waals surface area contributed by atoms with Crippen LogP contribution < -0.4 is 0 Å². The number of carbonyl (C=O) groups is 2. The second kappa shape index (κ2) is 8.16. The van der Waals surface area contributed by atoms with Crippen molar-refractivity contribution in [3.05, 3.63) is 22.4 Å². The molecule has 150 valence electrons. The molecular formula is C21H32N2O2S2. The quantitative estimate of drug-likeness (QED) is 0.724. The van der Waals surface area contributed by atoms with Gasteiger partial charge in [0, 0.05) is 31.8 Å². The minimum absolute atomic E-state index is 0.116. The Kier molecular flexibility index (Phi) is 6.26. The number of thiophene rings is 1. The molecule has 0 unspecified atom stereocenters. The highest BCUT2D eigenvalue weighted by atomic mass is 32.2. The Morgan fingerprint density at radius 1 is 1.22 bits per heavy atom. The molecule has 0 radical (unpaired) electrons. The molecule has 6 heteroatoms. The van der Waals surface area contributed by atoms with E-state index in [9.17, 15) is 9.59 Å². The monoisotopic (exact) mass is 408 g/mol. The lowest BCUT2D eigenvalue weighted by molar-refractivity contribution is -0.133. The fourth-order valence-corrected chi connectivity index (χ4v) is 6.62. The Hall–Kier alpha value is -1.01. The number of nitrogens with zero attached hydrogens (tertiary/aromatic N) is 2. The van der Waals surface area contributed by atoms with Crippen molar-refractivity contribution in [3.8, 4) is 0 Å². The summed E-state index contributed by atoms with van der Waals surface area (Å²) in [5.74, 6) is 1.84. The van der Waals surface area contributed by atoms with E-state index in [2.05, 4.69) is 32.6 Å². The Labute approximate surface area is 171 Å². The van der Waals surface area contributed by atoms with Crippen LogP contribution in [-0.4, -0.2) is 51.9 Å². The van der Waals surface area contributed by atoms with Gasteiger partial charge in [-0.2, -0.15) is 0 Å².